The fourth-order valence-corrected chi connectivity index (χ4v) is 4.00. The summed E-state index contributed by atoms with van der Waals surface area (Å²) in [5.41, 5.74) is 14.6. The summed E-state index contributed by atoms with van der Waals surface area (Å²) < 4.78 is 28.2. The molecule has 2 unspecified atom stereocenters. The third kappa shape index (κ3) is 3.71. The van der Waals surface area contributed by atoms with E-state index in [2.05, 4.69) is 10.1 Å². The van der Waals surface area contributed by atoms with Gasteiger partial charge in [-0.3, -0.25) is 0 Å². The number of pyridine rings is 1. The van der Waals surface area contributed by atoms with E-state index in [1.807, 2.05) is 13.8 Å². The van der Waals surface area contributed by atoms with Crippen LogP contribution in [0.5, 0.6) is 5.75 Å². The van der Waals surface area contributed by atoms with Gasteiger partial charge in [-0.25, -0.2) is 13.9 Å². The normalized spacial score (nSPS) is 23.4. The van der Waals surface area contributed by atoms with Gasteiger partial charge in [0.05, 0.1) is 11.3 Å². The van der Waals surface area contributed by atoms with Gasteiger partial charge in [-0.05, 0) is 44.1 Å². The molecule has 4 rings (SSSR count). The quantitative estimate of drug-likeness (QED) is 0.385. The topological polar surface area (TPSA) is 127 Å². The fourth-order valence-electron chi connectivity index (χ4n) is 4.00. The predicted octanol–water partition coefficient (Wildman–Crippen LogP) is 3.12. The molecule has 0 radical (unpaired) electrons. The predicted molar refractivity (Wildman–Crippen MR) is 116 cm³/mol. The molecule has 0 aromatic carbocycles. The molecule has 3 heterocycles. The number of ether oxygens (including phenoxy) is 1. The standard InChI is InChI=1S/C22H25FN6O2/c1-4-16-19-13-7-17(20(25)27-9-13)30-12(2)15-8-22(3,23)6-5-14(15)21(26)29(11-24)10-18(19)31-28-16/h5-7,9,11-12,24,26H,4,8,10H2,1-3H3,(H2,25,27)/p+1. The van der Waals surface area contributed by atoms with Crippen molar-refractivity contribution < 1.29 is 18.2 Å². The van der Waals surface area contributed by atoms with Crippen molar-refractivity contribution in [2.24, 2.45) is 5.73 Å². The van der Waals surface area contributed by atoms with Crippen molar-refractivity contribution in [2.45, 2.75) is 51.9 Å². The number of aromatic nitrogens is 2. The Bertz CT molecular complexity index is 1140. The van der Waals surface area contributed by atoms with Crippen LogP contribution in [0.15, 0.2) is 40.1 Å². The number of nitrogens with one attached hydrogen (secondary N) is 1. The Kier molecular flexibility index (Phi) is 5.12. The monoisotopic (exact) mass is 425 g/mol. The second-order valence-electron chi connectivity index (χ2n) is 8.02. The molecule has 8 nitrogen and oxygen atoms in total. The molecule has 1 aliphatic heterocycles. The van der Waals surface area contributed by atoms with Gasteiger partial charge in [0.2, 0.25) is 12.2 Å². The van der Waals surface area contributed by atoms with Gasteiger partial charge in [0.15, 0.2) is 17.3 Å². The number of nitrogens with two attached hydrogens (primary N) is 2. The van der Waals surface area contributed by atoms with Crippen LogP contribution in [0.1, 0.15) is 38.6 Å². The molecule has 31 heavy (non-hydrogen) atoms. The molecule has 2 aliphatic rings. The lowest BCUT2D eigenvalue weighted by molar-refractivity contribution is -0.421. The highest BCUT2D eigenvalue weighted by molar-refractivity contribution is 5.98. The van der Waals surface area contributed by atoms with Gasteiger partial charge in [0.1, 0.15) is 18.3 Å². The summed E-state index contributed by atoms with van der Waals surface area (Å²) in [6, 6.07) is 1.80. The minimum absolute atomic E-state index is 0.104. The van der Waals surface area contributed by atoms with Crippen LogP contribution in [0.2, 0.25) is 0 Å². The first-order valence-corrected chi connectivity index (χ1v) is 10.1. The average Bonchev–Trinajstić information content (AvgIpc) is 3.14. The molecular formula is C22H26FN6O2+. The number of hydrogen-bond donors (Lipinski definition) is 3. The third-order valence-corrected chi connectivity index (χ3v) is 5.67. The van der Waals surface area contributed by atoms with Crippen LogP contribution in [-0.2, 0) is 13.0 Å². The second-order valence-corrected chi connectivity index (χ2v) is 8.02. The highest BCUT2D eigenvalue weighted by Crippen LogP contribution is 2.37. The largest absolute Gasteiger partial charge is 0.482 e. The Hall–Kier alpha value is -3.49. The zero-order valence-corrected chi connectivity index (χ0v) is 17.8. The minimum Gasteiger partial charge on any atom is -0.482 e. The van der Waals surface area contributed by atoms with Gasteiger partial charge in [-0.2, -0.15) is 5.41 Å². The summed E-state index contributed by atoms with van der Waals surface area (Å²) in [4.78, 5) is 4.29. The van der Waals surface area contributed by atoms with E-state index in [9.17, 15) is 4.39 Å². The van der Waals surface area contributed by atoms with Crippen LogP contribution in [0.25, 0.3) is 11.1 Å². The maximum absolute atomic E-state index is 14.9. The molecule has 0 fully saturated rings. The molecule has 2 aromatic rings. The molecule has 162 valence electrons. The SMILES string of the molecule is CCc1noc2c1-c1cnc(N)c(c1)OC(C)C1=C(C=CC(C)(F)C1)C(N)=[N+](C=N)C2. The first-order chi connectivity index (χ1) is 14.7. The molecule has 5 N–H and O–H groups in total. The van der Waals surface area contributed by atoms with Crippen LogP contribution < -0.4 is 16.2 Å². The number of nitrogens with zero attached hydrogens (tertiary/aromatic N) is 3. The van der Waals surface area contributed by atoms with Crippen molar-refractivity contribution in [1.82, 2.24) is 10.1 Å². The lowest BCUT2D eigenvalue weighted by Crippen LogP contribution is -2.35. The maximum Gasteiger partial charge on any atom is 0.226 e. The number of rotatable bonds is 2. The van der Waals surface area contributed by atoms with Gasteiger partial charge < -0.3 is 20.7 Å². The molecule has 2 atom stereocenters. The summed E-state index contributed by atoms with van der Waals surface area (Å²) >= 11 is 0. The first kappa shape index (κ1) is 20.8. The maximum atomic E-state index is 14.9. The number of alkyl halides is 1. The van der Waals surface area contributed by atoms with E-state index in [1.165, 1.54) is 13.0 Å². The Morgan fingerprint density at radius 1 is 1.42 bits per heavy atom. The summed E-state index contributed by atoms with van der Waals surface area (Å²) in [7, 11) is 0. The third-order valence-electron chi connectivity index (χ3n) is 5.67. The number of aryl methyl sites for hydroxylation is 1. The van der Waals surface area contributed by atoms with Crippen LogP contribution >= 0.6 is 0 Å². The number of anilines is 1. The lowest BCUT2D eigenvalue weighted by atomic mass is 9.85. The number of nitrogen functional groups attached to an aromatic ring is 1. The number of halogens is 1. The second kappa shape index (κ2) is 7.64. The van der Waals surface area contributed by atoms with E-state index in [0.29, 0.717) is 34.9 Å². The van der Waals surface area contributed by atoms with Crippen molar-refractivity contribution in [1.29, 1.82) is 5.41 Å². The van der Waals surface area contributed by atoms with E-state index in [1.54, 1.807) is 22.9 Å². The van der Waals surface area contributed by atoms with Gasteiger partial charge in [0, 0.05) is 23.8 Å². The van der Waals surface area contributed by atoms with Crippen molar-refractivity contribution in [2.75, 3.05) is 5.73 Å². The smallest absolute Gasteiger partial charge is 0.226 e. The van der Waals surface area contributed by atoms with E-state index in [-0.39, 0.29) is 18.8 Å². The molecule has 0 amide bonds. The van der Waals surface area contributed by atoms with E-state index in [0.717, 1.165) is 23.2 Å². The van der Waals surface area contributed by atoms with Gasteiger partial charge in [-0.15, -0.1) is 0 Å². The van der Waals surface area contributed by atoms with Gasteiger partial charge >= 0.3 is 0 Å². The van der Waals surface area contributed by atoms with Crippen LogP contribution in [0, 0.1) is 5.41 Å². The van der Waals surface area contributed by atoms with Crippen molar-refractivity contribution in [3.05, 3.63) is 47.0 Å². The molecule has 9 heteroatoms. The van der Waals surface area contributed by atoms with Crippen LogP contribution in [0.4, 0.5) is 10.2 Å². The highest BCUT2D eigenvalue weighted by atomic mass is 19.1. The number of fused-ring (bicyclic) bond motifs is 4. The summed E-state index contributed by atoms with van der Waals surface area (Å²) in [6.07, 6.45) is 6.12. The van der Waals surface area contributed by atoms with E-state index < -0.39 is 11.8 Å². The van der Waals surface area contributed by atoms with E-state index >= 15 is 0 Å². The Labute approximate surface area is 179 Å². The number of hydrogen-bond acceptors (Lipinski definition) is 7. The van der Waals surface area contributed by atoms with Crippen molar-refractivity contribution in [3.8, 4) is 16.9 Å². The summed E-state index contributed by atoms with van der Waals surface area (Å²) in [6.45, 7) is 5.49. The van der Waals surface area contributed by atoms with Gasteiger partial charge in [-0.1, -0.05) is 12.1 Å². The van der Waals surface area contributed by atoms with E-state index in [4.69, 9.17) is 26.1 Å². The zero-order chi connectivity index (χ0) is 22.3. The number of amidine groups is 1. The fraction of sp³-hybridized carbons (Fsp3) is 0.364. The molecular weight excluding hydrogens is 399 g/mol. The molecule has 2 bridgehead atoms. The van der Waals surface area contributed by atoms with Crippen LogP contribution in [0.3, 0.4) is 0 Å². The zero-order valence-electron chi connectivity index (χ0n) is 17.8. The first-order valence-electron chi connectivity index (χ1n) is 10.1. The van der Waals surface area contributed by atoms with Crippen molar-refractivity contribution in [3.63, 3.8) is 0 Å². The van der Waals surface area contributed by atoms with Crippen LogP contribution in [-0.4, -0.2) is 38.7 Å². The molecule has 0 saturated carbocycles. The molecule has 0 spiro atoms. The Balaban J connectivity index is 1.99. The minimum atomic E-state index is -1.54. The molecule has 2 aromatic heterocycles. The van der Waals surface area contributed by atoms with Crippen molar-refractivity contribution >= 4 is 18.0 Å². The average molecular weight is 425 g/mol. The molecule has 1 aliphatic carbocycles. The lowest BCUT2D eigenvalue weighted by Gasteiger charge is -2.29. The summed E-state index contributed by atoms with van der Waals surface area (Å²) in [5, 5.41) is 12.1. The molecule has 0 saturated heterocycles. The number of allylic oxidation sites excluding steroid dienone is 1. The highest BCUT2D eigenvalue weighted by Gasteiger charge is 2.33. The Morgan fingerprint density at radius 3 is 2.90 bits per heavy atom. The van der Waals surface area contributed by atoms with Gasteiger partial charge in [0.25, 0.3) is 0 Å². The Morgan fingerprint density at radius 2 is 2.19 bits per heavy atom. The summed E-state index contributed by atoms with van der Waals surface area (Å²) in [5.74, 6) is 1.47.